The lowest BCUT2D eigenvalue weighted by Gasteiger charge is -2.30. The molecular weight excluding hydrogens is 284 g/mol. The molecule has 1 N–H and O–H groups in total. The zero-order valence-corrected chi connectivity index (χ0v) is 13.7. The molecule has 3 nitrogen and oxygen atoms in total. The Morgan fingerprint density at radius 3 is 2.33 bits per heavy atom. The minimum atomic E-state index is 0. The second-order valence-corrected chi connectivity index (χ2v) is 6.47. The molecule has 2 fully saturated rings. The number of benzene rings is 1. The molecule has 2 unspecified atom stereocenters. The molecular formula is C17H25ClN2O. The zero-order valence-electron chi connectivity index (χ0n) is 12.8. The molecule has 0 spiro atoms. The number of rotatable bonds is 3. The predicted octanol–water partition coefficient (Wildman–Crippen LogP) is 3.30. The van der Waals surface area contributed by atoms with E-state index in [1.54, 1.807) is 0 Å². The monoisotopic (exact) mass is 308 g/mol. The number of piperidine rings is 1. The number of halogens is 1. The van der Waals surface area contributed by atoms with Gasteiger partial charge in [0, 0.05) is 31.2 Å². The number of amides is 1. The van der Waals surface area contributed by atoms with Crippen molar-refractivity contribution in [1.82, 2.24) is 5.32 Å². The summed E-state index contributed by atoms with van der Waals surface area (Å²) in [6, 6.07) is 9.50. The highest BCUT2D eigenvalue weighted by Gasteiger charge is 2.34. The molecule has 4 heteroatoms. The Kier molecular flexibility index (Phi) is 5.28. The van der Waals surface area contributed by atoms with Gasteiger partial charge in [0.2, 0.25) is 5.91 Å². The molecule has 116 valence electrons. The Labute approximate surface area is 133 Å². The van der Waals surface area contributed by atoms with Crippen molar-refractivity contribution in [2.75, 3.05) is 11.9 Å². The molecule has 1 aromatic rings. The third-order valence-electron chi connectivity index (χ3n) is 4.83. The van der Waals surface area contributed by atoms with Crippen molar-refractivity contribution in [3.63, 3.8) is 0 Å². The Bertz CT molecular complexity index is 476. The quantitative estimate of drug-likeness (QED) is 0.929. The van der Waals surface area contributed by atoms with Crippen molar-refractivity contribution in [1.29, 1.82) is 0 Å². The molecule has 2 aliphatic heterocycles. The van der Waals surface area contributed by atoms with Gasteiger partial charge in [0.15, 0.2) is 0 Å². The van der Waals surface area contributed by atoms with Crippen molar-refractivity contribution in [3.8, 4) is 0 Å². The highest BCUT2D eigenvalue weighted by atomic mass is 35.5. The fraction of sp³-hybridized carbons (Fsp3) is 0.588. The van der Waals surface area contributed by atoms with E-state index in [1.165, 1.54) is 31.2 Å². The van der Waals surface area contributed by atoms with E-state index in [4.69, 9.17) is 0 Å². The van der Waals surface area contributed by atoms with Crippen LogP contribution < -0.4 is 10.2 Å². The maximum atomic E-state index is 12.4. The average Bonchev–Trinajstić information content (AvgIpc) is 2.78. The fourth-order valence-corrected chi connectivity index (χ4v) is 3.64. The van der Waals surface area contributed by atoms with Gasteiger partial charge in [0.25, 0.3) is 0 Å². The fourth-order valence-electron chi connectivity index (χ4n) is 3.64. The summed E-state index contributed by atoms with van der Waals surface area (Å²) in [5.74, 6) is 0.814. The molecule has 1 aromatic carbocycles. The number of fused-ring (bicyclic) bond motifs is 2. The number of nitrogens with one attached hydrogen (secondary N) is 1. The van der Waals surface area contributed by atoms with Crippen LogP contribution in [-0.4, -0.2) is 25.0 Å². The minimum absolute atomic E-state index is 0. The van der Waals surface area contributed by atoms with Crippen LogP contribution in [0.25, 0.3) is 0 Å². The average molecular weight is 309 g/mol. The molecule has 1 amide bonds. The summed E-state index contributed by atoms with van der Waals surface area (Å²) >= 11 is 0. The van der Waals surface area contributed by atoms with E-state index in [1.807, 2.05) is 24.1 Å². The summed E-state index contributed by atoms with van der Waals surface area (Å²) in [4.78, 5) is 14.2. The van der Waals surface area contributed by atoms with Crippen molar-refractivity contribution in [2.45, 2.75) is 51.1 Å². The van der Waals surface area contributed by atoms with Crippen LogP contribution in [-0.2, 0) is 4.79 Å². The first-order valence-electron chi connectivity index (χ1n) is 7.71. The number of nitrogens with zero attached hydrogens (tertiary/aromatic N) is 1. The maximum absolute atomic E-state index is 12.4. The highest BCUT2D eigenvalue weighted by Crippen LogP contribution is 2.33. The van der Waals surface area contributed by atoms with E-state index in [2.05, 4.69) is 24.4 Å². The van der Waals surface area contributed by atoms with Gasteiger partial charge in [0.1, 0.15) is 0 Å². The second-order valence-electron chi connectivity index (χ2n) is 6.47. The van der Waals surface area contributed by atoms with E-state index in [9.17, 15) is 4.79 Å². The van der Waals surface area contributed by atoms with E-state index < -0.39 is 0 Å². The van der Waals surface area contributed by atoms with E-state index in [0.29, 0.717) is 24.4 Å². The third kappa shape index (κ3) is 3.78. The molecule has 0 aromatic heterocycles. The first-order valence-corrected chi connectivity index (χ1v) is 7.71. The van der Waals surface area contributed by atoms with Crippen LogP contribution >= 0.6 is 12.4 Å². The normalized spacial score (nSPS) is 27.0. The van der Waals surface area contributed by atoms with Gasteiger partial charge in [-0.25, -0.2) is 0 Å². The van der Waals surface area contributed by atoms with E-state index >= 15 is 0 Å². The van der Waals surface area contributed by atoms with Gasteiger partial charge in [-0.05, 0) is 50.7 Å². The van der Waals surface area contributed by atoms with Crippen molar-refractivity contribution in [2.24, 2.45) is 5.92 Å². The van der Waals surface area contributed by atoms with Crippen LogP contribution in [0.3, 0.4) is 0 Å². The third-order valence-corrected chi connectivity index (χ3v) is 4.83. The molecule has 2 aliphatic rings. The summed E-state index contributed by atoms with van der Waals surface area (Å²) in [5, 5.41) is 3.64. The summed E-state index contributed by atoms with van der Waals surface area (Å²) in [6.07, 6.45) is 5.62. The summed E-state index contributed by atoms with van der Waals surface area (Å²) in [6.45, 7) is 2.07. The number of aryl methyl sites for hydroxylation is 1. The van der Waals surface area contributed by atoms with Gasteiger partial charge in [-0.2, -0.15) is 0 Å². The number of carbonyl (C=O) groups excluding carboxylic acids is 1. The molecule has 0 saturated carbocycles. The first-order chi connectivity index (χ1) is 9.61. The molecule has 21 heavy (non-hydrogen) atoms. The van der Waals surface area contributed by atoms with Gasteiger partial charge < -0.3 is 10.2 Å². The molecule has 0 aliphatic carbocycles. The lowest BCUT2D eigenvalue weighted by molar-refractivity contribution is -0.119. The lowest BCUT2D eigenvalue weighted by Crippen LogP contribution is -2.40. The van der Waals surface area contributed by atoms with Crippen LogP contribution in [0.4, 0.5) is 5.69 Å². The van der Waals surface area contributed by atoms with Gasteiger partial charge in [-0.15, -0.1) is 12.4 Å². The molecule has 2 bridgehead atoms. The van der Waals surface area contributed by atoms with Crippen LogP contribution in [0.1, 0.15) is 37.7 Å². The molecule has 2 heterocycles. The van der Waals surface area contributed by atoms with Crippen molar-refractivity contribution < 1.29 is 4.79 Å². The molecule has 0 radical (unpaired) electrons. The van der Waals surface area contributed by atoms with Crippen LogP contribution in [0, 0.1) is 12.8 Å². The van der Waals surface area contributed by atoms with Crippen LogP contribution in [0.15, 0.2) is 24.3 Å². The van der Waals surface area contributed by atoms with Crippen molar-refractivity contribution >= 4 is 24.0 Å². The predicted molar refractivity (Wildman–Crippen MR) is 89.1 cm³/mol. The topological polar surface area (TPSA) is 32.3 Å². The van der Waals surface area contributed by atoms with Gasteiger partial charge in [0.05, 0.1) is 0 Å². The molecule has 2 saturated heterocycles. The Morgan fingerprint density at radius 2 is 1.76 bits per heavy atom. The zero-order chi connectivity index (χ0) is 14.1. The van der Waals surface area contributed by atoms with Crippen molar-refractivity contribution in [3.05, 3.63) is 29.8 Å². The smallest absolute Gasteiger partial charge is 0.226 e. The Balaban J connectivity index is 0.00000161. The maximum Gasteiger partial charge on any atom is 0.226 e. The first kappa shape index (κ1) is 16.3. The largest absolute Gasteiger partial charge is 0.315 e. The lowest BCUT2D eigenvalue weighted by atomic mass is 9.89. The van der Waals surface area contributed by atoms with E-state index in [-0.39, 0.29) is 18.3 Å². The summed E-state index contributed by atoms with van der Waals surface area (Å²) < 4.78 is 0. The summed E-state index contributed by atoms with van der Waals surface area (Å²) in [5.41, 5.74) is 2.22. The number of hydrogen-bond acceptors (Lipinski definition) is 2. The Hall–Kier alpha value is -1.06. The number of hydrogen-bond donors (Lipinski definition) is 1. The Morgan fingerprint density at radius 1 is 1.19 bits per heavy atom. The minimum Gasteiger partial charge on any atom is -0.315 e. The SMILES string of the molecule is Cc1ccc(N(C)C(=O)CC2CC3CCC(C2)N3)cc1.Cl. The standard InChI is InChI=1S/C17H24N2O.ClH/c1-12-3-7-16(8-4-12)19(2)17(20)11-13-9-14-5-6-15(10-13)18-14;/h3-4,7-8,13-15,18H,5-6,9-11H2,1-2H3;1H. The number of carbonyl (C=O) groups is 1. The number of anilines is 1. The van der Waals surface area contributed by atoms with Gasteiger partial charge >= 0.3 is 0 Å². The summed E-state index contributed by atoms with van der Waals surface area (Å²) in [7, 11) is 1.89. The molecule has 3 rings (SSSR count). The van der Waals surface area contributed by atoms with Gasteiger partial charge in [-0.1, -0.05) is 17.7 Å². The highest BCUT2D eigenvalue weighted by molar-refractivity contribution is 5.92. The molecule has 2 atom stereocenters. The second kappa shape index (κ2) is 6.80. The van der Waals surface area contributed by atoms with E-state index in [0.717, 1.165) is 5.69 Å². The van der Waals surface area contributed by atoms with Crippen LogP contribution in [0.5, 0.6) is 0 Å². The van der Waals surface area contributed by atoms with Gasteiger partial charge in [-0.3, -0.25) is 4.79 Å². The van der Waals surface area contributed by atoms with Crippen LogP contribution in [0.2, 0.25) is 0 Å².